The molecule has 0 bridgehead atoms. The van der Waals surface area contributed by atoms with Gasteiger partial charge in [0.05, 0.1) is 6.20 Å². The van der Waals surface area contributed by atoms with Crippen LogP contribution in [0.2, 0.25) is 0 Å². The monoisotopic (exact) mass is 243 g/mol. The summed E-state index contributed by atoms with van der Waals surface area (Å²) < 4.78 is 1.68. The molecule has 0 spiro atoms. The number of benzene rings is 1. The highest BCUT2D eigenvalue weighted by atomic mass is 16.1. The summed E-state index contributed by atoms with van der Waals surface area (Å²) in [4.78, 5) is 12.4. The Morgan fingerprint density at radius 1 is 1.33 bits per heavy atom. The molecule has 0 fully saturated rings. The molecule has 4 nitrogen and oxygen atoms in total. The van der Waals surface area contributed by atoms with Crippen molar-refractivity contribution in [2.45, 2.75) is 32.7 Å². The lowest BCUT2D eigenvalue weighted by molar-refractivity contribution is 0.0955. The van der Waals surface area contributed by atoms with E-state index in [4.69, 9.17) is 0 Å². The third-order valence-electron chi connectivity index (χ3n) is 3.00. The van der Waals surface area contributed by atoms with E-state index >= 15 is 0 Å². The normalized spacial score (nSPS) is 12.3. The Bertz CT molecular complexity index is 519. The Morgan fingerprint density at radius 2 is 2.06 bits per heavy atom. The van der Waals surface area contributed by atoms with Crippen molar-refractivity contribution in [3.63, 3.8) is 0 Å². The first-order valence-corrected chi connectivity index (χ1v) is 6.21. The highest BCUT2D eigenvalue weighted by Gasteiger charge is 2.20. The summed E-state index contributed by atoms with van der Waals surface area (Å²) in [5, 5.41) is 7.78. The first-order chi connectivity index (χ1) is 8.74. The van der Waals surface area contributed by atoms with Crippen molar-refractivity contribution < 1.29 is 4.79 Å². The molecule has 0 amide bonds. The molecule has 2 aromatic rings. The van der Waals surface area contributed by atoms with E-state index in [2.05, 4.69) is 17.2 Å². The van der Waals surface area contributed by atoms with Crippen LogP contribution >= 0.6 is 0 Å². The molecule has 18 heavy (non-hydrogen) atoms. The summed E-state index contributed by atoms with van der Waals surface area (Å²) in [7, 11) is 0. The van der Waals surface area contributed by atoms with Crippen molar-refractivity contribution in [2.24, 2.45) is 0 Å². The van der Waals surface area contributed by atoms with Crippen molar-refractivity contribution in [2.75, 3.05) is 0 Å². The first-order valence-electron chi connectivity index (χ1n) is 6.21. The summed E-state index contributed by atoms with van der Waals surface area (Å²) in [6.45, 7) is 4.69. The van der Waals surface area contributed by atoms with Crippen LogP contribution in [0.5, 0.6) is 0 Å². The predicted molar refractivity (Wildman–Crippen MR) is 69.5 cm³/mol. The standard InChI is InChI=1S/C14H17N3O/c1-3-9-17-13(10-15-16-17)14(18)11(2)12-7-5-4-6-8-12/h4-8,10-11H,3,9H2,1-2H3. The third-order valence-corrected chi connectivity index (χ3v) is 3.00. The second-order valence-electron chi connectivity index (χ2n) is 4.34. The van der Waals surface area contributed by atoms with E-state index in [0.717, 1.165) is 18.5 Å². The molecule has 1 heterocycles. The number of hydrogen-bond acceptors (Lipinski definition) is 3. The molecule has 2 rings (SSSR count). The second kappa shape index (κ2) is 5.58. The Balaban J connectivity index is 2.23. The topological polar surface area (TPSA) is 47.8 Å². The SMILES string of the molecule is CCCn1nncc1C(=O)C(C)c1ccccc1. The summed E-state index contributed by atoms with van der Waals surface area (Å²) >= 11 is 0. The molecule has 1 aromatic heterocycles. The van der Waals surface area contributed by atoms with Crippen LogP contribution in [-0.4, -0.2) is 20.8 Å². The fourth-order valence-electron chi connectivity index (χ4n) is 1.94. The molecule has 1 aromatic carbocycles. The molecular weight excluding hydrogens is 226 g/mol. The minimum Gasteiger partial charge on any atom is -0.292 e. The average molecular weight is 243 g/mol. The van der Waals surface area contributed by atoms with Crippen LogP contribution < -0.4 is 0 Å². The lowest BCUT2D eigenvalue weighted by Gasteiger charge is -2.11. The minimum atomic E-state index is -0.166. The van der Waals surface area contributed by atoms with Gasteiger partial charge in [-0.25, -0.2) is 4.68 Å². The zero-order chi connectivity index (χ0) is 13.0. The number of ketones is 1. The van der Waals surface area contributed by atoms with Crippen molar-refractivity contribution >= 4 is 5.78 Å². The van der Waals surface area contributed by atoms with E-state index in [1.807, 2.05) is 37.3 Å². The number of Topliss-reactive ketones (excluding diaryl/α,β-unsaturated/α-hetero) is 1. The number of rotatable bonds is 5. The van der Waals surface area contributed by atoms with Crippen LogP contribution in [0, 0.1) is 0 Å². The van der Waals surface area contributed by atoms with E-state index in [-0.39, 0.29) is 11.7 Å². The fourth-order valence-corrected chi connectivity index (χ4v) is 1.94. The van der Waals surface area contributed by atoms with Crippen LogP contribution in [0.4, 0.5) is 0 Å². The Kier molecular flexibility index (Phi) is 3.87. The maximum atomic E-state index is 12.4. The summed E-state index contributed by atoms with van der Waals surface area (Å²) in [6, 6.07) is 9.78. The highest BCUT2D eigenvalue weighted by Crippen LogP contribution is 2.19. The number of aromatic nitrogens is 3. The first kappa shape index (κ1) is 12.5. The van der Waals surface area contributed by atoms with Gasteiger partial charge in [-0.1, -0.05) is 49.4 Å². The van der Waals surface area contributed by atoms with Gasteiger partial charge in [0, 0.05) is 12.5 Å². The molecule has 0 radical (unpaired) electrons. The van der Waals surface area contributed by atoms with Gasteiger partial charge in [0.25, 0.3) is 0 Å². The van der Waals surface area contributed by atoms with Gasteiger partial charge in [0.15, 0.2) is 5.78 Å². The van der Waals surface area contributed by atoms with Crippen LogP contribution in [0.3, 0.4) is 0 Å². The second-order valence-corrected chi connectivity index (χ2v) is 4.34. The number of carbonyl (C=O) groups excluding carboxylic acids is 1. The van der Waals surface area contributed by atoms with Crippen LogP contribution in [0.15, 0.2) is 36.5 Å². The molecule has 0 aliphatic carbocycles. The smallest absolute Gasteiger partial charge is 0.189 e. The molecule has 0 aliphatic heterocycles. The Morgan fingerprint density at radius 3 is 2.72 bits per heavy atom. The number of aryl methyl sites for hydroxylation is 1. The lowest BCUT2D eigenvalue weighted by Crippen LogP contribution is -2.15. The van der Waals surface area contributed by atoms with Crippen LogP contribution in [0.1, 0.15) is 42.2 Å². The summed E-state index contributed by atoms with van der Waals surface area (Å²) in [5.74, 6) is -0.0973. The number of hydrogen-bond donors (Lipinski definition) is 0. The van der Waals surface area contributed by atoms with Gasteiger partial charge in [0.2, 0.25) is 0 Å². The third kappa shape index (κ3) is 2.47. The minimum absolute atomic E-state index is 0.0691. The van der Waals surface area contributed by atoms with Gasteiger partial charge in [-0.15, -0.1) is 5.10 Å². The number of carbonyl (C=O) groups is 1. The summed E-state index contributed by atoms with van der Waals surface area (Å²) in [6.07, 6.45) is 2.49. The van der Waals surface area contributed by atoms with E-state index in [0.29, 0.717) is 5.69 Å². The molecule has 0 aliphatic rings. The van der Waals surface area contributed by atoms with Crippen molar-refractivity contribution in [1.82, 2.24) is 15.0 Å². The zero-order valence-electron chi connectivity index (χ0n) is 10.7. The van der Waals surface area contributed by atoms with Gasteiger partial charge in [-0.3, -0.25) is 4.79 Å². The lowest BCUT2D eigenvalue weighted by atomic mass is 9.95. The molecule has 1 atom stereocenters. The molecule has 94 valence electrons. The molecule has 0 N–H and O–H groups in total. The Hall–Kier alpha value is -1.97. The van der Waals surface area contributed by atoms with Gasteiger partial charge < -0.3 is 0 Å². The van der Waals surface area contributed by atoms with Crippen molar-refractivity contribution in [1.29, 1.82) is 0 Å². The molecular formula is C14H17N3O. The molecule has 1 unspecified atom stereocenters. The molecule has 0 saturated carbocycles. The van der Waals surface area contributed by atoms with E-state index < -0.39 is 0 Å². The van der Waals surface area contributed by atoms with E-state index in [9.17, 15) is 4.79 Å². The average Bonchev–Trinajstić information content (AvgIpc) is 2.87. The van der Waals surface area contributed by atoms with Crippen LogP contribution in [-0.2, 0) is 6.54 Å². The summed E-state index contributed by atoms with van der Waals surface area (Å²) in [5.41, 5.74) is 1.61. The molecule has 0 saturated heterocycles. The largest absolute Gasteiger partial charge is 0.292 e. The fraction of sp³-hybridized carbons (Fsp3) is 0.357. The maximum Gasteiger partial charge on any atom is 0.189 e. The van der Waals surface area contributed by atoms with Gasteiger partial charge in [0.1, 0.15) is 5.69 Å². The van der Waals surface area contributed by atoms with Gasteiger partial charge in [-0.2, -0.15) is 0 Å². The van der Waals surface area contributed by atoms with Crippen LogP contribution in [0.25, 0.3) is 0 Å². The zero-order valence-corrected chi connectivity index (χ0v) is 10.7. The number of nitrogens with zero attached hydrogens (tertiary/aromatic N) is 3. The van der Waals surface area contributed by atoms with E-state index in [1.54, 1.807) is 10.9 Å². The maximum absolute atomic E-state index is 12.4. The van der Waals surface area contributed by atoms with Crippen molar-refractivity contribution in [3.05, 3.63) is 47.8 Å². The quantitative estimate of drug-likeness (QED) is 0.758. The predicted octanol–water partition coefficient (Wildman–Crippen LogP) is 2.67. The van der Waals surface area contributed by atoms with E-state index in [1.165, 1.54) is 0 Å². The van der Waals surface area contributed by atoms with Crippen molar-refractivity contribution in [3.8, 4) is 0 Å². The highest BCUT2D eigenvalue weighted by molar-refractivity contribution is 5.99. The van der Waals surface area contributed by atoms with Gasteiger partial charge >= 0.3 is 0 Å². The Labute approximate surface area is 107 Å². The molecule has 4 heteroatoms. The van der Waals surface area contributed by atoms with Gasteiger partial charge in [-0.05, 0) is 12.0 Å².